The molecule has 1 amide bonds. The van der Waals surface area contributed by atoms with Gasteiger partial charge < -0.3 is 24.1 Å². The number of halogens is 1. The average molecular weight is 495 g/mol. The number of nitrogens with zero attached hydrogens (tertiary/aromatic N) is 1. The van der Waals surface area contributed by atoms with Crippen LogP contribution in [0.15, 0.2) is 45.8 Å². The number of hydrogen-bond acceptors (Lipinski definition) is 8. The topological polar surface area (TPSA) is 117 Å². The molecule has 2 aromatic carbocycles. The molecule has 0 aliphatic heterocycles. The van der Waals surface area contributed by atoms with Gasteiger partial charge in [0, 0.05) is 24.1 Å². The van der Waals surface area contributed by atoms with Gasteiger partial charge >= 0.3 is 0 Å². The molecule has 9 nitrogen and oxygen atoms in total. The van der Waals surface area contributed by atoms with Gasteiger partial charge in [0.05, 0.1) is 43.5 Å². The first-order chi connectivity index (χ1) is 15.7. The molecule has 33 heavy (non-hydrogen) atoms. The molecule has 11 heteroatoms. The van der Waals surface area contributed by atoms with Crippen molar-refractivity contribution in [3.8, 4) is 28.6 Å². The molecule has 0 bridgehead atoms. The summed E-state index contributed by atoms with van der Waals surface area (Å²) in [6.45, 7) is 1.76. The zero-order valence-electron chi connectivity index (χ0n) is 18.5. The molecule has 1 aromatic heterocycles. The maximum absolute atomic E-state index is 13.0. The number of aromatic nitrogens is 1. The highest BCUT2D eigenvalue weighted by atomic mass is 35.5. The van der Waals surface area contributed by atoms with Crippen LogP contribution in [0, 0.1) is 6.92 Å². The number of ether oxygens (including phenoxy) is 3. The number of aryl methyl sites for hydroxylation is 1. The highest BCUT2D eigenvalue weighted by molar-refractivity contribution is 7.91. The molecular weight excluding hydrogens is 472 g/mol. The van der Waals surface area contributed by atoms with Crippen molar-refractivity contribution < 1.29 is 31.9 Å². The summed E-state index contributed by atoms with van der Waals surface area (Å²) in [5.41, 5.74) is 1.49. The number of rotatable bonds is 9. The number of hydrogen-bond donors (Lipinski definition) is 1. The second-order valence-corrected chi connectivity index (χ2v) is 9.49. The van der Waals surface area contributed by atoms with Gasteiger partial charge in [-0.2, -0.15) is 0 Å². The van der Waals surface area contributed by atoms with Crippen LogP contribution in [0.1, 0.15) is 12.1 Å². The van der Waals surface area contributed by atoms with Crippen LogP contribution in [0.25, 0.3) is 11.3 Å². The van der Waals surface area contributed by atoms with Gasteiger partial charge in [-0.15, -0.1) is 0 Å². The third-order valence-corrected chi connectivity index (χ3v) is 6.78. The predicted molar refractivity (Wildman–Crippen MR) is 123 cm³/mol. The monoisotopic (exact) mass is 494 g/mol. The first kappa shape index (κ1) is 24.4. The average Bonchev–Trinajstić information content (AvgIpc) is 3.24. The Morgan fingerprint density at radius 1 is 1.03 bits per heavy atom. The van der Waals surface area contributed by atoms with Gasteiger partial charge in [0.1, 0.15) is 22.1 Å². The molecule has 0 fully saturated rings. The molecule has 0 aliphatic carbocycles. The van der Waals surface area contributed by atoms with E-state index in [1.807, 2.05) is 0 Å². The zero-order valence-corrected chi connectivity index (χ0v) is 20.0. The van der Waals surface area contributed by atoms with Crippen molar-refractivity contribution in [2.24, 2.45) is 0 Å². The third kappa shape index (κ3) is 5.58. The van der Waals surface area contributed by atoms with Gasteiger partial charge in [0.15, 0.2) is 15.6 Å². The fourth-order valence-electron chi connectivity index (χ4n) is 3.08. The minimum absolute atomic E-state index is 0.0468. The Labute approximate surface area is 196 Å². The van der Waals surface area contributed by atoms with Gasteiger partial charge in [-0.25, -0.2) is 8.42 Å². The van der Waals surface area contributed by atoms with Gasteiger partial charge in [0.2, 0.25) is 5.91 Å². The van der Waals surface area contributed by atoms with E-state index in [-0.39, 0.29) is 22.1 Å². The summed E-state index contributed by atoms with van der Waals surface area (Å²) in [6.07, 6.45) is -0.302. The van der Waals surface area contributed by atoms with Gasteiger partial charge in [0.25, 0.3) is 0 Å². The molecule has 176 valence electrons. The summed E-state index contributed by atoms with van der Waals surface area (Å²) in [5.74, 6) is 0.318. The molecule has 1 N–H and O–H groups in total. The largest absolute Gasteiger partial charge is 0.495 e. The standard InChI is InChI=1S/C22H23ClN2O7S/c1-13-9-18(32-25-13)14-5-6-17(29-2)21(10-14)33(27,28)8-7-22(26)24-16-11-15(23)19(30-3)12-20(16)31-4/h5-6,9-12H,7-8H2,1-4H3,(H,24,26). The Kier molecular flexibility index (Phi) is 7.50. The van der Waals surface area contributed by atoms with E-state index in [0.29, 0.717) is 34.2 Å². The highest BCUT2D eigenvalue weighted by Crippen LogP contribution is 2.36. The lowest BCUT2D eigenvalue weighted by Gasteiger charge is -2.14. The van der Waals surface area contributed by atoms with E-state index >= 15 is 0 Å². The van der Waals surface area contributed by atoms with Crippen LogP contribution in [0.4, 0.5) is 5.69 Å². The molecule has 0 unspecified atom stereocenters. The molecule has 0 atom stereocenters. The Balaban J connectivity index is 1.79. The maximum Gasteiger partial charge on any atom is 0.225 e. The Bertz CT molecular complexity index is 1270. The van der Waals surface area contributed by atoms with Crippen LogP contribution in [-0.2, 0) is 14.6 Å². The molecule has 0 saturated carbocycles. The van der Waals surface area contributed by atoms with Crippen molar-refractivity contribution in [2.75, 3.05) is 32.4 Å². The minimum Gasteiger partial charge on any atom is -0.495 e. The zero-order chi connectivity index (χ0) is 24.2. The van der Waals surface area contributed by atoms with E-state index in [1.165, 1.54) is 45.6 Å². The number of benzene rings is 2. The summed E-state index contributed by atoms with van der Waals surface area (Å²) < 4.78 is 46.9. The van der Waals surface area contributed by atoms with Gasteiger partial charge in [-0.1, -0.05) is 16.8 Å². The van der Waals surface area contributed by atoms with Crippen LogP contribution in [-0.4, -0.2) is 46.6 Å². The summed E-state index contributed by atoms with van der Waals surface area (Å²) in [7, 11) is 0.384. The van der Waals surface area contributed by atoms with E-state index < -0.39 is 21.5 Å². The molecule has 0 saturated heterocycles. The van der Waals surface area contributed by atoms with Gasteiger partial charge in [-0.3, -0.25) is 4.79 Å². The number of carbonyl (C=O) groups excluding carboxylic acids is 1. The first-order valence-corrected chi connectivity index (χ1v) is 11.8. The maximum atomic E-state index is 13.0. The molecule has 3 rings (SSSR count). The lowest BCUT2D eigenvalue weighted by Crippen LogP contribution is -2.18. The van der Waals surface area contributed by atoms with Crippen LogP contribution in [0.5, 0.6) is 17.2 Å². The van der Waals surface area contributed by atoms with E-state index in [9.17, 15) is 13.2 Å². The van der Waals surface area contributed by atoms with E-state index in [4.69, 9.17) is 30.3 Å². The lowest BCUT2D eigenvalue weighted by molar-refractivity contribution is -0.115. The van der Waals surface area contributed by atoms with Crippen LogP contribution in [0.3, 0.4) is 0 Å². The number of nitrogens with one attached hydrogen (secondary N) is 1. The first-order valence-electron chi connectivity index (χ1n) is 9.74. The molecule has 0 radical (unpaired) electrons. The molecular formula is C22H23ClN2O7S. The van der Waals surface area contributed by atoms with Crippen molar-refractivity contribution >= 4 is 33.0 Å². The van der Waals surface area contributed by atoms with E-state index in [0.717, 1.165) is 0 Å². The minimum atomic E-state index is -3.87. The van der Waals surface area contributed by atoms with Gasteiger partial charge in [-0.05, 0) is 31.2 Å². The SMILES string of the molecule is COc1cc(OC)c(NC(=O)CCS(=O)(=O)c2cc(-c3cc(C)no3)ccc2OC)cc1Cl. The Hall–Kier alpha value is -3.24. The Morgan fingerprint density at radius 3 is 2.33 bits per heavy atom. The quantitative estimate of drug-likeness (QED) is 0.472. The third-order valence-electron chi connectivity index (χ3n) is 4.76. The van der Waals surface area contributed by atoms with Crippen LogP contribution >= 0.6 is 11.6 Å². The van der Waals surface area contributed by atoms with Crippen molar-refractivity contribution in [3.05, 3.63) is 47.1 Å². The van der Waals surface area contributed by atoms with Crippen molar-refractivity contribution in [3.63, 3.8) is 0 Å². The number of anilines is 1. The smallest absolute Gasteiger partial charge is 0.225 e. The Morgan fingerprint density at radius 2 is 1.73 bits per heavy atom. The second kappa shape index (κ2) is 10.1. The molecule has 1 heterocycles. The molecule has 3 aromatic rings. The summed E-state index contributed by atoms with van der Waals surface area (Å²) in [4.78, 5) is 12.5. The number of carbonyl (C=O) groups is 1. The summed E-state index contributed by atoms with van der Waals surface area (Å²) in [6, 6.07) is 9.33. The summed E-state index contributed by atoms with van der Waals surface area (Å²) >= 11 is 6.12. The fraction of sp³-hybridized carbons (Fsp3) is 0.273. The van der Waals surface area contributed by atoms with Crippen LogP contribution in [0.2, 0.25) is 5.02 Å². The number of amides is 1. The van der Waals surface area contributed by atoms with Crippen LogP contribution < -0.4 is 19.5 Å². The lowest BCUT2D eigenvalue weighted by atomic mass is 10.1. The second-order valence-electron chi connectivity index (χ2n) is 7.00. The number of methoxy groups -OCH3 is 3. The fourth-order valence-corrected chi connectivity index (χ4v) is 4.76. The molecule has 0 aliphatic rings. The molecule has 0 spiro atoms. The van der Waals surface area contributed by atoms with E-state index in [2.05, 4.69) is 10.5 Å². The van der Waals surface area contributed by atoms with E-state index in [1.54, 1.807) is 19.1 Å². The normalized spacial score (nSPS) is 11.2. The van der Waals surface area contributed by atoms with Crippen molar-refractivity contribution in [1.29, 1.82) is 0 Å². The number of sulfone groups is 1. The van der Waals surface area contributed by atoms with Crippen molar-refractivity contribution in [1.82, 2.24) is 5.16 Å². The predicted octanol–water partition coefficient (Wildman–Crippen LogP) is 4.13. The van der Waals surface area contributed by atoms with Crippen molar-refractivity contribution in [2.45, 2.75) is 18.2 Å². The summed E-state index contributed by atoms with van der Waals surface area (Å²) in [5, 5.41) is 6.71. The highest BCUT2D eigenvalue weighted by Gasteiger charge is 2.23.